The van der Waals surface area contributed by atoms with E-state index in [2.05, 4.69) is 10.0 Å². The molecule has 2 bridgehead atoms. The molecule has 0 aromatic heterocycles. The third kappa shape index (κ3) is 2.30. The van der Waals surface area contributed by atoms with E-state index in [1.54, 1.807) is 0 Å². The Morgan fingerprint density at radius 2 is 2.05 bits per heavy atom. The Bertz CT molecular complexity index is 646. The van der Waals surface area contributed by atoms with Crippen LogP contribution in [0.2, 0.25) is 0 Å². The highest BCUT2D eigenvalue weighted by atomic mass is 32.2. The Labute approximate surface area is 116 Å². The van der Waals surface area contributed by atoms with Crippen LogP contribution in [-0.4, -0.2) is 32.0 Å². The first-order valence-corrected chi connectivity index (χ1v) is 7.95. The summed E-state index contributed by atoms with van der Waals surface area (Å²) < 4.78 is 27.3. The summed E-state index contributed by atoms with van der Waals surface area (Å²) in [5, 5.41) is 14.2. The molecule has 2 N–H and O–H groups in total. The van der Waals surface area contributed by atoms with Crippen LogP contribution < -0.4 is 10.0 Å². The lowest BCUT2D eigenvalue weighted by Gasteiger charge is -2.23. The zero-order valence-electron chi connectivity index (χ0n) is 10.7. The van der Waals surface area contributed by atoms with Gasteiger partial charge in [-0.05, 0) is 31.4 Å². The van der Waals surface area contributed by atoms with Crippen molar-refractivity contribution < 1.29 is 13.3 Å². The average Bonchev–Trinajstić information content (AvgIpc) is 3.00. The fourth-order valence-electron chi connectivity index (χ4n) is 3.08. The molecule has 1 aromatic carbocycles. The van der Waals surface area contributed by atoms with Crippen LogP contribution in [0.25, 0.3) is 0 Å². The van der Waals surface area contributed by atoms with E-state index in [4.69, 9.17) is 0 Å². The van der Waals surface area contributed by atoms with E-state index < -0.39 is 20.6 Å². The summed E-state index contributed by atoms with van der Waals surface area (Å²) in [5.41, 5.74) is -0.392. The number of nitrogens with one attached hydrogen (secondary N) is 2. The summed E-state index contributed by atoms with van der Waals surface area (Å²) in [4.78, 5) is 9.99. The summed E-state index contributed by atoms with van der Waals surface area (Å²) >= 11 is 0. The summed E-state index contributed by atoms with van der Waals surface area (Å²) in [6, 6.07) is 5.36. The third-order valence-corrected chi connectivity index (χ3v) is 5.52. The van der Waals surface area contributed by atoms with Crippen molar-refractivity contribution >= 4 is 15.7 Å². The number of rotatable bonds is 4. The SMILES string of the molecule is O=[N+]([O-])c1ccccc1S(=O)(=O)N[C@H]1C[C@@H]2CN[C@H]1C2. The molecule has 108 valence electrons. The summed E-state index contributed by atoms with van der Waals surface area (Å²) in [6.45, 7) is 0.925. The number of hydrogen-bond donors (Lipinski definition) is 2. The number of sulfonamides is 1. The summed E-state index contributed by atoms with van der Waals surface area (Å²) in [6.07, 6.45) is 1.75. The van der Waals surface area contributed by atoms with E-state index in [1.165, 1.54) is 24.3 Å². The van der Waals surface area contributed by atoms with Gasteiger partial charge in [0.15, 0.2) is 4.90 Å². The van der Waals surface area contributed by atoms with E-state index in [0.717, 1.165) is 19.4 Å². The Balaban J connectivity index is 1.87. The van der Waals surface area contributed by atoms with Crippen LogP contribution in [0.4, 0.5) is 5.69 Å². The highest BCUT2D eigenvalue weighted by Gasteiger charge is 2.42. The molecule has 3 atom stereocenters. The lowest BCUT2D eigenvalue weighted by atomic mass is 10.1. The number of hydrogen-bond acceptors (Lipinski definition) is 5. The van der Waals surface area contributed by atoms with Crippen molar-refractivity contribution in [3.05, 3.63) is 34.4 Å². The van der Waals surface area contributed by atoms with Gasteiger partial charge in [0, 0.05) is 18.2 Å². The predicted molar refractivity (Wildman–Crippen MR) is 71.7 cm³/mol. The van der Waals surface area contributed by atoms with Crippen LogP contribution >= 0.6 is 0 Å². The molecule has 1 saturated carbocycles. The number of fused-ring (bicyclic) bond motifs is 2. The van der Waals surface area contributed by atoms with Crippen molar-refractivity contribution in [2.45, 2.75) is 29.8 Å². The number of benzene rings is 1. The lowest BCUT2D eigenvalue weighted by molar-refractivity contribution is -0.387. The first kappa shape index (κ1) is 13.5. The largest absolute Gasteiger partial charge is 0.312 e. The van der Waals surface area contributed by atoms with Gasteiger partial charge in [0.1, 0.15) is 0 Å². The van der Waals surface area contributed by atoms with Gasteiger partial charge < -0.3 is 5.32 Å². The molecule has 0 unspecified atom stereocenters. The molecule has 1 saturated heterocycles. The van der Waals surface area contributed by atoms with Gasteiger partial charge in [-0.1, -0.05) is 12.1 Å². The Kier molecular flexibility index (Phi) is 3.23. The lowest BCUT2D eigenvalue weighted by Crippen LogP contribution is -2.47. The fraction of sp³-hybridized carbons (Fsp3) is 0.500. The Morgan fingerprint density at radius 3 is 2.65 bits per heavy atom. The smallest absolute Gasteiger partial charge is 0.289 e. The van der Waals surface area contributed by atoms with Gasteiger partial charge in [-0.15, -0.1) is 0 Å². The van der Waals surface area contributed by atoms with Crippen molar-refractivity contribution in [1.82, 2.24) is 10.0 Å². The van der Waals surface area contributed by atoms with Crippen LogP contribution in [0.5, 0.6) is 0 Å². The Morgan fingerprint density at radius 1 is 1.30 bits per heavy atom. The number of nitrogens with zero attached hydrogens (tertiary/aromatic N) is 1. The van der Waals surface area contributed by atoms with Crippen molar-refractivity contribution in [3.63, 3.8) is 0 Å². The van der Waals surface area contributed by atoms with Crippen molar-refractivity contribution in [2.75, 3.05) is 6.54 Å². The molecule has 1 aliphatic heterocycles. The normalized spacial score (nSPS) is 28.7. The average molecular weight is 297 g/mol. The first-order valence-electron chi connectivity index (χ1n) is 6.46. The molecule has 7 nitrogen and oxygen atoms in total. The standard InChI is InChI=1S/C12H15N3O4S/c16-15(17)11-3-1-2-4-12(11)20(18,19)14-10-6-8-5-9(10)13-7-8/h1-4,8-10,13-14H,5-7H2/t8-,9+,10+/m1/s1. The first-order chi connectivity index (χ1) is 9.47. The molecule has 3 rings (SSSR count). The maximum atomic E-state index is 12.3. The van der Waals surface area contributed by atoms with Crippen LogP contribution in [0, 0.1) is 16.0 Å². The monoisotopic (exact) mass is 297 g/mol. The van der Waals surface area contributed by atoms with Crippen molar-refractivity contribution in [2.24, 2.45) is 5.92 Å². The van der Waals surface area contributed by atoms with Crippen LogP contribution in [0.1, 0.15) is 12.8 Å². The van der Waals surface area contributed by atoms with E-state index in [-0.39, 0.29) is 17.0 Å². The second kappa shape index (κ2) is 4.80. The highest BCUT2D eigenvalue weighted by Crippen LogP contribution is 2.32. The summed E-state index contributed by atoms with van der Waals surface area (Å²) in [5.74, 6) is 0.499. The highest BCUT2D eigenvalue weighted by molar-refractivity contribution is 7.89. The zero-order chi connectivity index (χ0) is 14.3. The molecule has 0 amide bonds. The number of para-hydroxylation sites is 1. The molecule has 1 aliphatic carbocycles. The quantitative estimate of drug-likeness (QED) is 0.627. The molecule has 0 radical (unpaired) electrons. The second-order valence-corrected chi connectivity index (χ2v) is 6.99. The molecule has 1 heterocycles. The maximum Gasteiger partial charge on any atom is 0.289 e. The van der Waals surface area contributed by atoms with Gasteiger partial charge in [0.2, 0.25) is 10.0 Å². The van der Waals surface area contributed by atoms with Gasteiger partial charge in [0.25, 0.3) is 5.69 Å². The zero-order valence-corrected chi connectivity index (χ0v) is 11.5. The van der Waals surface area contributed by atoms with Gasteiger partial charge in [-0.2, -0.15) is 0 Å². The summed E-state index contributed by atoms with van der Waals surface area (Å²) in [7, 11) is -3.87. The molecule has 8 heteroatoms. The number of nitro groups is 1. The van der Waals surface area contributed by atoms with Gasteiger partial charge in [-0.3, -0.25) is 10.1 Å². The second-order valence-electron chi connectivity index (χ2n) is 5.30. The molecule has 2 fully saturated rings. The van der Waals surface area contributed by atoms with E-state index >= 15 is 0 Å². The van der Waals surface area contributed by atoms with E-state index in [0.29, 0.717) is 5.92 Å². The van der Waals surface area contributed by atoms with E-state index in [9.17, 15) is 18.5 Å². The van der Waals surface area contributed by atoms with Gasteiger partial charge in [0.05, 0.1) is 4.92 Å². The van der Waals surface area contributed by atoms with Crippen LogP contribution in [-0.2, 0) is 10.0 Å². The minimum absolute atomic E-state index is 0.137. The maximum absolute atomic E-state index is 12.3. The molecule has 1 aromatic rings. The molecule has 0 spiro atoms. The topological polar surface area (TPSA) is 101 Å². The van der Waals surface area contributed by atoms with Crippen LogP contribution in [0.15, 0.2) is 29.2 Å². The number of piperidine rings is 1. The number of nitro benzene ring substituents is 1. The van der Waals surface area contributed by atoms with E-state index in [1.807, 2.05) is 0 Å². The van der Waals surface area contributed by atoms with Crippen molar-refractivity contribution in [1.29, 1.82) is 0 Å². The van der Waals surface area contributed by atoms with Crippen LogP contribution in [0.3, 0.4) is 0 Å². The van der Waals surface area contributed by atoms with Gasteiger partial charge >= 0.3 is 0 Å². The Hall–Kier alpha value is -1.51. The molecular formula is C12H15N3O4S. The molecule has 2 aliphatic rings. The minimum atomic E-state index is -3.87. The van der Waals surface area contributed by atoms with Crippen molar-refractivity contribution in [3.8, 4) is 0 Å². The minimum Gasteiger partial charge on any atom is -0.312 e. The molecular weight excluding hydrogens is 282 g/mol. The predicted octanol–water partition coefficient (Wildman–Crippen LogP) is 0.623. The fourth-order valence-corrected chi connectivity index (χ4v) is 4.54. The van der Waals surface area contributed by atoms with Gasteiger partial charge in [-0.25, -0.2) is 13.1 Å². The third-order valence-electron chi connectivity index (χ3n) is 3.99. The molecule has 20 heavy (non-hydrogen) atoms.